The van der Waals surface area contributed by atoms with Crippen molar-refractivity contribution in [2.75, 3.05) is 34.9 Å². The molecule has 0 aliphatic rings. The van der Waals surface area contributed by atoms with Crippen LogP contribution in [0.3, 0.4) is 0 Å². The molecule has 148 valence electrons. The molecule has 0 fully saturated rings. The second-order valence-electron chi connectivity index (χ2n) is 5.89. The molecule has 5 nitrogen and oxygen atoms in total. The van der Waals surface area contributed by atoms with Gasteiger partial charge in [-0.25, -0.2) is 4.39 Å². The van der Waals surface area contributed by atoms with E-state index in [1.165, 1.54) is 12.1 Å². The molecular formula is C20H27FIN3O2. The molecule has 2 aromatic rings. The Kier molecular flexibility index (Phi) is 9.92. The molecule has 0 heterocycles. The van der Waals surface area contributed by atoms with Crippen LogP contribution < -0.4 is 14.8 Å². The van der Waals surface area contributed by atoms with Crippen LogP contribution in [0.15, 0.2) is 47.5 Å². The Hall–Kier alpha value is -2.03. The Balaban J connectivity index is 0.00000364. The molecule has 0 bridgehead atoms. The van der Waals surface area contributed by atoms with Gasteiger partial charge in [0.2, 0.25) is 0 Å². The van der Waals surface area contributed by atoms with E-state index in [4.69, 9.17) is 9.47 Å². The largest absolute Gasteiger partial charge is 0.493 e. The number of rotatable bonds is 7. The molecule has 1 N–H and O–H groups in total. The lowest BCUT2D eigenvalue weighted by Crippen LogP contribution is -2.39. The fourth-order valence-corrected chi connectivity index (χ4v) is 2.65. The van der Waals surface area contributed by atoms with E-state index in [-0.39, 0.29) is 29.8 Å². The number of methoxy groups -OCH3 is 2. The number of hydrogen-bond donors (Lipinski definition) is 1. The van der Waals surface area contributed by atoms with Crippen LogP contribution in [0.1, 0.15) is 11.1 Å². The van der Waals surface area contributed by atoms with Crippen molar-refractivity contribution < 1.29 is 13.9 Å². The third-order valence-electron chi connectivity index (χ3n) is 4.10. The monoisotopic (exact) mass is 487 g/mol. The number of halogens is 2. The van der Waals surface area contributed by atoms with Crippen molar-refractivity contribution in [1.29, 1.82) is 0 Å². The van der Waals surface area contributed by atoms with Crippen LogP contribution in [-0.2, 0) is 13.0 Å². The van der Waals surface area contributed by atoms with Crippen LogP contribution in [0.2, 0.25) is 0 Å². The highest BCUT2D eigenvalue weighted by molar-refractivity contribution is 14.0. The number of nitrogens with one attached hydrogen (secondary N) is 1. The van der Waals surface area contributed by atoms with Crippen molar-refractivity contribution in [2.45, 2.75) is 13.0 Å². The molecule has 2 rings (SSSR count). The van der Waals surface area contributed by atoms with Crippen molar-refractivity contribution in [2.24, 2.45) is 4.99 Å². The third-order valence-corrected chi connectivity index (χ3v) is 4.10. The lowest BCUT2D eigenvalue weighted by molar-refractivity contribution is 0.354. The zero-order valence-electron chi connectivity index (χ0n) is 16.2. The molecule has 7 heteroatoms. The molecule has 0 spiro atoms. The minimum Gasteiger partial charge on any atom is -0.493 e. The van der Waals surface area contributed by atoms with Gasteiger partial charge in [-0.3, -0.25) is 4.99 Å². The van der Waals surface area contributed by atoms with Crippen molar-refractivity contribution in [3.63, 3.8) is 0 Å². The van der Waals surface area contributed by atoms with E-state index in [0.717, 1.165) is 41.6 Å². The Morgan fingerprint density at radius 2 is 1.81 bits per heavy atom. The number of nitrogens with zero attached hydrogens (tertiary/aromatic N) is 2. The van der Waals surface area contributed by atoms with Crippen LogP contribution in [0.4, 0.5) is 4.39 Å². The summed E-state index contributed by atoms with van der Waals surface area (Å²) in [6.45, 7) is 1.30. The summed E-state index contributed by atoms with van der Waals surface area (Å²) in [5.74, 6) is 1.97. The predicted molar refractivity (Wildman–Crippen MR) is 118 cm³/mol. The number of ether oxygens (including phenoxy) is 2. The Morgan fingerprint density at radius 1 is 1.07 bits per heavy atom. The van der Waals surface area contributed by atoms with Crippen LogP contribution in [0.5, 0.6) is 11.5 Å². The van der Waals surface area contributed by atoms with Gasteiger partial charge in [-0.1, -0.05) is 18.2 Å². The number of hydrogen-bond acceptors (Lipinski definition) is 3. The van der Waals surface area contributed by atoms with Gasteiger partial charge in [0.05, 0.1) is 14.2 Å². The number of guanidine groups is 1. The van der Waals surface area contributed by atoms with Gasteiger partial charge in [-0.05, 0) is 41.8 Å². The summed E-state index contributed by atoms with van der Waals surface area (Å²) < 4.78 is 23.9. The summed E-state index contributed by atoms with van der Waals surface area (Å²) in [7, 11) is 6.97. The van der Waals surface area contributed by atoms with Crippen LogP contribution in [-0.4, -0.2) is 45.7 Å². The maximum atomic E-state index is 13.3. The second-order valence-corrected chi connectivity index (χ2v) is 5.89. The smallest absolute Gasteiger partial charge is 0.193 e. The second kappa shape index (κ2) is 11.6. The van der Waals surface area contributed by atoms with Crippen LogP contribution >= 0.6 is 24.0 Å². The van der Waals surface area contributed by atoms with Crippen molar-refractivity contribution in [3.05, 3.63) is 59.4 Å². The minimum atomic E-state index is -0.235. The summed E-state index contributed by atoms with van der Waals surface area (Å²) in [6.07, 6.45) is 0.831. The maximum absolute atomic E-state index is 13.3. The zero-order chi connectivity index (χ0) is 18.9. The van der Waals surface area contributed by atoms with Crippen molar-refractivity contribution >= 4 is 29.9 Å². The van der Waals surface area contributed by atoms with Gasteiger partial charge in [0.1, 0.15) is 5.82 Å². The molecule has 0 aromatic heterocycles. The molecule has 27 heavy (non-hydrogen) atoms. The zero-order valence-corrected chi connectivity index (χ0v) is 18.5. The first-order valence-electron chi connectivity index (χ1n) is 8.44. The Labute approximate surface area is 177 Å². The predicted octanol–water partition coefficient (Wildman–Crippen LogP) is 3.71. The molecular weight excluding hydrogens is 460 g/mol. The highest BCUT2D eigenvalue weighted by Crippen LogP contribution is 2.27. The van der Waals surface area contributed by atoms with E-state index in [1.54, 1.807) is 27.3 Å². The standard InChI is InChI=1S/C20H26FN3O2.HI/c1-22-20(23-14-16-6-5-7-17(21)12-16)24(2)11-10-15-8-9-18(25-3)19(13-15)26-4;/h5-9,12-13H,10-11,14H2,1-4H3,(H,22,23);1H. The number of likely N-dealkylation sites (N-methyl/N-ethyl adjacent to an activating group) is 1. The summed E-state index contributed by atoms with van der Waals surface area (Å²) in [5, 5.41) is 3.25. The van der Waals surface area contributed by atoms with Gasteiger partial charge in [0.25, 0.3) is 0 Å². The highest BCUT2D eigenvalue weighted by atomic mass is 127. The number of benzene rings is 2. The third kappa shape index (κ3) is 6.89. The van der Waals surface area contributed by atoms with Gasteiger partial charge in [0, 0.05) is 27.2 Å². The maximum Gasteiger partial charge on any atom is 0.193 e. The highest BCUT2D eigenvalue weighted by Gasteiger charge is 2.08. The van der Waals surface area contributed by atoms with Crippen LogP contribution in [0.25, 0.3) is 0 Å². The molecule has 0 saturated heterocycles. The van der Waals surface area contributed by atoms with Gasteiger partial charge in [-0.2, -0.15) is 0 Å². The normalized spacial score (nSPS) is 10.8. The number of aliphatic imine (C=N–C) groups is 1. The first-order valence-corrected chi connectivity index (χ1v) is 8.44. The summed E-state index contributed by atoms with van der Waals surface area (Å²) >= 11 is 0. The van der Waals surface area contributed by atoms with E-state index in [0.29, 0.717) is 6.54 Å². The van der Waals surface area contributed by atoms with E-state index in [1.807, 2.05) is 36.2 Å². The molecule has 0 atom stereocenters. The van der Waals surface area contributed by atoms with Gasteiger partial charge >= 0.3 is 0 Å². The fourth-order valence-electron chi connectivity index (χ4n) is 2.65. The lowest BCUT2D eigenvalue weighted by atomic mass is 10.1. The molecule has 0 radical (unpaired) electrons. The molecule has 0 saturated carbocycles. The minimum absolute atomic E-state index is 0. The first-order chi connectivity index (χ1) is 12.6. The van der Waals surface area contributed by atoms with E-state index in [2.05, 4.69) is 10.3 Å². The molecule has 2 aromatic carbocycles. The Bertz CT molecular complexity index is 756. The molecule has 0 aliphatic carbocycles. The van der Waals surface area contributed by atoms with E-state index < -0.39 is 0 Å². The van der Waals surface area contributed by atoms with Gasteiger partial charge < -0.3 is 19.7 Å². The summed E-state index contributed by atoms with van der Waals surface area (Å²) in [5.41, 5.74) is 2.02. The molecule has 0 amide bonds. The van der Waals surface area contributed by atoms with Crippen molar-refractivity contribution in [1.82, 2.24) is 10.2 Å². The topological polar surface area (TPSA) is 46.1 Å². The molecule has 0 unspecified atom stereocenters. The fraction of sp³-hybridized carbons (Fsp3) is 0.350. The summed E-state index contributed by atoms with van der Waals surface area (Å²) in [6, 6.07) is 12.5. The SMILES string of the molecule is CN=C(NCc1cccc(F)c1)N(C)CCc1ccc(OC)c(OC)c1.I. The van der Waals surface area contributed by atoms with Gasteiger partial charge in [-0.15, -0.1) is 24.0 Å². The average Bonchev–Trinajstić information content (AvgIpc) is 2.66. The van der Waals surface area contributed by atoms with E-state index in [9.17, 15) is 4.39 Å². The average molecular weight is 487 g/mol. The summed E-state index contributed by atoms with van der Waals surface area (Å²) in [4.78, 5) is 6.33. The van der Waals surface area contributed by atoms with Crippen molar-refractivity contribution in [3.8, 4) is 11.5 Å². The van der Waals surface area contributed by atoms with E-state index >= 15 is 0 Å². The van der Waals surface area contributed by atoms with Gasteiger partial charge in [0.15, 0.2) is 17.5 Å². The first kappa shape index (κ1) is 23.0. The quantitative estimate of drug-likeness (QED) is 0.368. The van der Waals surface area contributed by atoms with Crippen LogP contribution in [0, 0.1) is 5.82 Å². The Morgan fingerprint density at radius 3 is 2.44 bits per heavy atom. The molecule has 0 aliphatic heterocycles. The lowest BCUT2D eigenvalue weighted by Gasteiger charge is -2.22.